The molecule has 0 radical (unpaired) electrons. The summed E-state index contributed by atoms with van der Waals surface area (Å²) < 4.78 is 0. The van der Waals surface area contributed by atoms with E-state index >= 15 is 0 Å². The lowest BCUT2D eigenvalue weighted by Gasteiger charge is -1.97. The Labute approximate surface area is 100 Å². The van der Waals surface area contributed by atoms with E-state index in [1.165, 1.54) is 12.1 Å². The molecule has 0 amide bonds. The molecular formula is C14H8N2O2. The molecular weight excluding hydrogens is 228 g/mol. The maximum Gasteiger partial charge on any atom is 0.196 e. The summed E-state index contributed by atoms with van der Waals surface area (Å²) in [5, 5.41) is 16.0. The van der Waals surface area contributed by atoms with Gasteiger partial charge in [-0.05, 0) is 12.1 Å². The van der Waals surface area contributed by atoms with Crippen molar-refractivity contribution in [2.45, 2.75) is 0 Å². The summed E-state index contributed by atoms with van der Waals surface area (Å²) in [5.74, 6) is 0. The molecule has 4 heteroatoms. The fraction of sp³-hybridized carbons (Fsp3) is 0. The third kappa shape index (κ3) is 1.20. The number of fused-ring (bicyclic) bond motifs is 1. The van der Waals surface area contributed by atoms with Gasteiger partial charge in [-0.2, -0.15) is 0 Å². The van der Waals surface area contributed by atoms with Crippen molar-refractivity contribution in [2.75, 3.05) is 0 Å². The van der Waals surface area contributed by atoms with Gasteiger partial charge in [-0.3, -0.25) is 20.4 Å². The van der Waals surface area contributed by atoms with Crippen molar-refractivity contribution in [3.05, 3.63) is 78.0 Å². The summed E-state index contributed by atoms with van der Waals surface area (Å²) in [6.45, 7) is 0. The molecule has 0 heterocycles. The highest BCUT2D eigenvalue weighted by atomic mass is 16.1. The van der Waals surface area contributed by atoms with Crippen molar-refractivity contribution >= 4 is 10.8 Å². The van der Waals surface area contributed by atoms with Crippen LogP contribution in [0, 0.1) is 21.3 Å². The van der Waals surface area contributed by atoms with Crippen molar-refractivity contribution in [1.82, 2.24) is 0 Å². The molecule has 0 bridgehead atoms. The largest absolute Gasteiger partial charge is 0.299 e. The Morgan fingerprint density at radius 3 is 2.06 bits per heavy atom. The number of nitrogens with one attached hydrogen (secondary N) is 2. The SMILES string of the molecule is N=c1ccc2c(=O)c3ccccc3c(=O)c=2c1=N. The average Bonchev–Trinajstić information content (AvgIpc) is 2.39. The van der Waals surface area contributed by atoms with Gasteiger partial charge in [0.15, 0.2) is 10.9 Å². The van der Waals surface area contributed by atoms with E-state index in [1.54, 1.807) is 24.3 Å². The molecule has 0 spiro atoms. The Kier molecular flexibility index (Phi) is 2.01. The highest BCUT2D eigenvalue weighted by Crippen LogP contribution is 2.04. The zero-order chi connectivity index (χ0) is 12.9. The van der Waals surface area contributed by atoms with E-state index in [4.69, 9.17) is 10.8 Å². The van der Waals surface area contributed by atoms with Crippen LogP contribution in [0.2, 0.25) is 0 Å². The highest BCUT2D eigenvalue weighted by molar-refractivity contribution is 5.82. The van der Waals surface area contributed by atoms with Crippen molar-refractivity contribution in [3.63, 3.8) is 0 Å². The lowest BCUT2D eigenvalue weighted by molar-refractivity contribution is 1.10. The molecule has 0 saturated heterocycles. The summed E-state index contributed by atoms with van der Waals surface area (Å²) >= 11 is 0. The van der Waals surface area contributed by atoms with Crippen molar-refractivity contribution < 1.29 is 0 Å². The average molecular weight is 236 g/mol. The van der Waals surface area contributed by atoms with Crippen LogP contribution in [0.15, 0.2) is 46.0 Å². The Balaban J connectivity index is 2.97. The topological polar surface area (TPSA) is 81.8 Å². The van der Waals surface area contributed by atoms with Crippen molar-refractivity contribution in [3.8, 4) is 0 Å². The summed E-state index contributed by atoms with van der Waals surface area (Å²) in [7, 11) is 0. The van der Waals surface area contributed by atoms with Crippen LogP contribution in [0.4, 0.5) is 0 Å². The molecule has 0 aliphatic heterocycles. The van der Waals surface area contributed by atoms with Crippen LogP contribution in [0.25, 0.3) is 10.8 Å². The summed E-state index contributed by atoms with van der Waals surface area (Å²) in [6, 6.07) is 9.40. The maximum absolute atomic E-state index is 12.3. The van der Waals surface area contributed by atoms with Gasteiger partial charge in [-0.1, -0.05) is 24.3 Å². The normalized spacial score (nSPS) is 11.1. The van der Waals surface area contributed by atoms with E-state index in [1.807, 2.05) is 0 Å². The molecule has 86 valence electrons. The van der Waals surface area contributed by atoms with Crippen LogP contribution in [0.3, 0.4) is 0 Å². The van der Waals surface area contributed by atoms with E-state index in [2.05, 4.69) is 0 Å². The molecule has 0 unspecified atom stereocenters. The van der Waals surface area contributed by atoms with Gasteiger partial charge in [0.2, 0.25) is 0 Å². The standard InChI is InChI=1S/C14H8N2O2/c15-10-6-5-9-11(12(10)16)14(18)8-4-2-1-3-7(8)13(9)17/h1-6,15-16H. The molecule has 0 saturated carbocycles. The summed E-state index contributed by atoms with van der Waals surface area (Å²) in [4.78, 5) is 24.5. The van der Waals surface area contributed by atoms with Crippen LogP contribution in [0.5, 0.6) is 0 Å². The molecule has 1 aromatic carbocycles. The molecule has 2 aliphatic rings. The highest BCUT2D eigenvalue weighted by Gasteiger charge is 2.08. The molecule has 0 fully saturated rings. The van der Waals surface area contributed by atoms with Gasteiger partial charge in [0.25, 0.3) is 0 Å². The van der Waals surface area contributed by atoms with E-state index in [-0.39, 0.29) is 32.0 Å². The molecule has 1 aromatic rings. The second-order valence-electron chi connectivity index (χ2n) is 4.11. The zero-order valence-corrected chi connectivity index (χ0v) is 9.28. The van der Waals surface area contributed by atoms with Gasteiger partial charge in [-0.25, -0.2) is 0 Å². The molecule has 0 atom stereocenters. The zero-order valence-electron chi connectivity index (χ0n) is 9.28. The first-order chi connectivity index (χ1) is 8.61. The molecule has 0 aromatic heterocycles. The van der Waals surface area contributed by atoms with Crippen LogP contribution in [-0.4, -0.2) is 0 Å². The molecule has 4 nitrogen and oxygen atoms in total. The lowest BCUT2D eigenvalue weighted by Crippen LogP contribution is -2.31. The van der Waals surface area contributed by atoms with Crippen LogP contribution in [-0.2, 0) is 0 Å². The quantitative estimate of drug-likeness (QED) is 0.581. The van der Waals surface area contributed by atoms with Crippen LogP contribution >= 0.6 is 0 Å². The summed E-state index contributed by atoms with van der Waals surface area (Å²) in [5.41, 5.74) is -0.604. The molecule has 2 aliphatic carbocycles. The van der Waals surface area contributed by atoms with Gasteiger partial charge < -0.3 is 0 Å². The van der Waals surface area contributed by atoms with Crippen LogP contribution in [0.1, 0.15) is 0 Å². The van der Waals surface area contributed by atoms with Gasteiger partial charge in [0.1, 0.15) is 0 Å². The first-order valence-electron chi connectivity index (χ1n) is 5.40. The number of benzene rings is 1. The molecule has 18 heavy (non-hydrogen) atoms. The Morgan fingerprint density at radius 1 is 0.778 bits per heavy atom. The van der Waals surface area contributed by atoms with Gasteiger partial charge in [0, 0.05) is 16.0 Å². The summed E-state index contributed by atoms with van der Waals surface area (Å²) in [6.07, 6.45) is 0. The molecule has 3 rings (SSSR count). The maximum atomic E-state index is 12.3. The van der Waals surface area contributed by atoms with E-state index in [0.717, 1.165) is 0 Å². The second-order valence-corrected chi connectivity index (χ2v) is 4.11. The minimum absolute atomic E-state index is 0.0470. The fourth-order valence-electron chi connectivity index (χ4n) is 2.19. The third-order valence-electron chi connectivity index (χ3n) is 3.09. The fourth-order valence-corrected chi connectivity index (χ4v) is 2.19. The predicted octanol–water partition coefficient (Wildman–Crippen LogP) is 0.120. The van der Waals surface area contributed by atoms with Crippen molar-refractivity contribution in [1.29, 1.82) is 10.8 Å². The van der Waals surface area contributed by atoms with Gasteiger partial charge in [-0.15, -0.1) is 0 Å². The Bertz CT molecular complexity index is 1040. The van der Waals surface area contributed by atoms with Crippen molar-refractivity contribution in [2.24, 2.45) is 0 Å². The lowest BCUT2D eigenvalue weighted by atomic mass is 10.0. The first kappa shape index (κ1) is 10.5. The first-order valence-corrected chi connectivity index (χ1v) is 5.40. The second kappa shape index (κ2) is 3.43. The van der Waals surface area contributed by atoms with E-state index in [0.29, 0.717) is 10.8 Å². The monoisotopic (exact) mass is 236 g/mol. The smallest absolute Gasteiger partial charge is 0.196 e. The minimum atomic E-state index is -0.348. The number of hydrogen-bond acceptors (Lipinski definition) is 4. The minimum Gasteiger partial charge on any atom is -0.299 e. The Morgan fingerprint density at radius 2 is 1.39 bits per heavy atom. The molecule has 2 N–H and O–H groups in total. The predicted molar refractivity (Wildman–Crippen MR) is 65.9 cm³/mol. The van der Waals surface area contributed by atoms with Gasteiger partial charge >= 0.3 is 0 Å². The van der Waals surface area contributed by atoms with E-state index < -0.39 is 0 Å². The number of hydrogen-bond donors (Lipinski definition) is 2. The number of rotatable bonds is 0. The van der Waals surface area contributed by atoms with Crippen LogP contribution < -0.4 is 21.6 Å². The third-order valence-corrected chi connectivity index (χ3v) is 3.09. The van der Waals surface area contributed by atoms with Gasteiger partial charge in [0.05, 0.1) is 15.9 Å². The van der Waals surface area contributed by atoms with E-state index in [9.17, 15) is 9.59 Å². The Hall–Kier alpha value is -2.62.